The Morgan fingerprint density at radius 1 is 1.48 bits per heavy atom. The van der Waals surface area contributed by atoms with E-state index >= 15 is 0 Å². The average molecular weight is 347 g/mol. The van der Waals surface area contributed by atoms with Crippen LogP contribution in [0, 0.1) is 12.7 Å². The van der Waals surface area contributed by atoms with Gasteiger partial charge in [-0.3, -0.25) is 4.79 Å². The SMILES string of the molecule is Cc1noc(CNC(=O)N[C@@H]2CCCN(c3cccc(F)c3)C2=O)n1. The molecule has 8 nitrogen and oxygen atoms in total. The quantitative estimate of drug-likeness (QED) is 0.873. The zero-order valence-electron chi connectivity index (χ0n) is 13.7. The van der Waals surface area contributed by atoms with Crippen LogP contribution in [0.1, 0.15) is 24.6 Å². The molecule has 0 bridgehead atoms. The van der Waals surface area contributed by atoms with Gasteiger partial charge in [-0.2, -0.15) is 4.98 Å². The predicted molar refractivity (Wildman–Crippen MR) is 86.2 cm³/mol. The van der Waals surface area contributed by atoms with E-state index in [0.717, 1.165) is 0 Å². The van der Waals surface area contributed by atoms with E-state index in [4.69, 9.17) is 4.52 Å². The van der Waals surface area contributed by atoms with Gasteiger partial charge in [0.05, 0.1) is 6.54 Å². The lowest BCUT2D eigenvalue weighted by molar-refractivity contribution is -0.121. The van der Waals surface area contributed by atoms with Crippen LogP contribution >= 0.6 is 0 Å². The Morgan fingerprint density at radius 2 is 2.32 bits per heavy atom. The summed E-state index contributed by atoms with van der Waals surface area (Å²) in [5.41, 5.74) is 0.484. The van der Waals surface area contributed by atoms with Gasteiger partial charge in [0, 0.05) is 12.2 Å². The number of aryl methyl sites for hydroxylation is 1. The van der Waals surface area contributed by atoms with Gasteiger partial charge in [-0.1, -0.05) is 11.2 Å². The Bertz CT molecular complexity index is 779. The summed E-state index contributed by atoms with van der Waals surface area (Å²) < 4.78 is 18.3. The fourth-order valence-corrected chi connectivity index (χ4v) is 2.69. The van der Waals surface area contributed by atoms with E-state index < -0.39 is 17.9 Å². The maximum Gasteiger partial charge on any atom is 0.315 e. The van der Waals surface area contributed by atoms with Crippen molar-refractivity contribution in [1.29, 1.82) is 0 Å². The average Bonchev–Trinajstić information content (AvgIpc) is 3.00. The summed E-state index contributed by atoms with van der Waals surface area (Å²) in [6.45, 7) is 2.24. The zero-order valence-corrected chi connectivity index (χ0v) is 13.7. The van der Waals surface area contributed by atoms with Crippen molar-refractivity contribution in [1.82, 2.24) is 20.8 Å². The molecule has 1 aliphatic rings. The van der Waals surface area contributed by atoms with Gasteiger partial charge in [0.15, 0.2) is 5.82 Å². The molecular formula is C16H18FN5O3. The molecule has 2 heterocycles. The van der Waals surface area contributed by atoms with Crippen molar-refractivity contribution in [3.05, 3.63) is 41.8 Å². The first-order valence-corrected chi connectivity index (χ1v) is 7.93. The molecule has 2 N–H and O–H groups in total. The molecule has 0 aliphatic carbocycles. The van der Waals surface area contributed by atoms with E-state index in [1.165, 1.54) is 17.0 Å². The number of carbonyl (C=O) groups is 2. The van der Waals surface area contributed by atoms with Crippen LogP contribution in [0.3, 0.4) is 0 Å². The lowest BCUT2D eigenvalue weighted by atomic mass is 10.0. The van der Waals surface area contributed by atoms with Gasteiger partial charge in [-0.25, -0.2) is 9.18 Å². The molecule has 9 heteroatoms. The minimum absolute atomic E-state index is 0.0706. The summed E-state index contributed by atoms with van der Waals surface area (Å²) in [6, 6.07) is 4.67. The number of halogens is 1. The van der Waals surface area contributed by atoms with Crippen LogP contribution in [0.2, 0.25) is 0 Å². The summed E-state index contributed by atoms with van der Waals surface area (Å²) in [5, 5.41) is 8.83. The van der Waals surface area contributed by atoms with Gasteiger partial charge in [0.1, 0.15) is 11.9 Å². The molecule has 1 aliphatic heterocycles. The van der Waals surface area contributed by atoms with E-state index in [9.17, 15) is 14.0 Å². The van der Waals surface area contributed by atoms with Crippen LogP contribution in [0.15, 0.2) is 28.8 Å². The first kappa shape index (κ1) is 16.9. The minimum atomic E-state index is -0.665. The Hall–Kier alpha value is -2.97. The standard InChI is InChI=1S/C16H18FN5O3/c1-10-19-14(25-21-10)9-18-16(24)20-13-6-3-7-22(15(13)23)12-5-2-4-11(17)8-12/h2,4-5,8,13H,3,6-7,9H2,1H3,(H2,18,20,24)/t13-/m1/s1. The van der Waals surface area contributed by atoms with Gasteiger partial charge in [0.25, 0.3) is 0 Å². The molecule has 1 fully saturated rings. The van der Waals surface area contributed by atoms with Crippen molar-refractivity contribution >= 4 is 17.6 Å². The molecule has 25 heavy (non-hydrogen) atoms. The van der Waals surface area contributed by atoms with E-state index in [1.807, 2.05) is 0 Å². The number of carbonyl (C=O) groups excluding carboxylic acids is 2. The Labute approximate surface area is 143 Å². The molecule has 132 valence electrons. The van der Waals surface area contributed by atoms with E-state index in [-0.39, 0.29) is 18.3 Å². The number of piperidine rings is 1. The van der Waals surface area contributed by atoms with Gasteiger partial charge in [0.2, 0.25) is 11.8 Å². The fourth-order valence-electron chi connectivity index (χ4n) is 2.69. The highest BCUT2D eigenvalue weighted by Gasteiger charge is 2.31. The number of rotatable bonds is 4. The Morgan fingerprint density at radius 3 is 3.04 bits per heavy atom. The van der Waals surface area contributed by atoms with Crippen LogP contribution < -0.4 is 15.5 Å². The third kappa shape index (κ3) is 4.11. The fraction of sp³-hybridized carbons (Fsp3) is 0.375. The van der Waals surface area contributed by atoms with Crippen LogP contribution in [-0.2, 0) is 11.3 Å². The highest BCUT2D eigenvalue weighted by atomic mass is 19.1. The van der Waals surface area contributed by atoms with E-state index in [0.29, 0.717) is 30.9 Å². The van der Waals surface area contributed by atoms with Crippen molar-refractivity contribution in [2.24, 2.45) is 0 Å². The lowest BCUT2D eigenvalue weighted by Crippen LogP contribution is -2.54. The van der Waals surface area contributed by atoms with Crippen molar-refractivity contribution < 1.29 is 18.5 Å². The number of hydrogen-bond donors (Lipinski definition) is 2. The first-order valence-electron chi connectivity index (χ1n) is 7.93. The molecule has 0 unspecified atom stereocenters. The molecule has 3 amide bonds. The largest absolute Gasteiger partial charge is 0.337 e. The van der Waals surface area contributed by atoms with Gasteiger partial charge in [-0.05, 0) is 38.0 Å². The van der Waals surface area contributed by atoms with Gasteiger partial charge < -0.3 is 20.1 Å². The van der Waals surface area contributed by atoms with Gasteiger partial charge >= 0.3 is 6.03 Å². The number of aromatic nitrogens is 2. The topological polar surface area (TPSA) is 100 Å². The van der Waals surface area contributed by atoms with E-state index in [2.05, 4.69) is 20.8 Å². The van der Waals surface area contributed by atoms with E-state index in [1.54, 1.807) is 19.1 Å². The maximum absolute atomic E-state index is 13.4. The van der Waals surface area contributed by atoms with Crippen molar-refractivity contribution in [2.75, 3.05) is 11.4 Å². The third-order valence-corrected chi connectivity index (χ3v) is 3.83. The molecule has 1 aromatic heterocycles. The first-order chi connectivity index (χ1) is 12.0. The summed E-state index contributed by atoms with van der Waals surface area (Å²) in [6.07, 6.45) is 1.23. The number of hydrogen-bond acceptors (Lipinski definition) is 5. The highest BCUT2D eigenvalue weighted by molar-refractivity contribution is 5.99. The van der Waals surface area contributed by atoms with Crippen LogP contribution in [-0.4, -0.2) is 34.7 Å². The molecule has 0 saturated carbocycles. The lowest BCUT2D eigenvalue weighted by Gasteiger charge is -2.32. The smallest absolute Gasteiger partial charge is 0.315 e. The summed E-state index contributed by atoms with van der Waals surface area (Å²) in [4.78, 5) is 30.0. The molecule has 1 atom stereocenters. The molecule has 2 aromatic rings. The zero-order chi connectivity index (χ0) is 17.8. The van der Waals surface area contributed by atoms with Gasteiger partial charge in [-0.15, -0.1) is 0 Å². The highest BCUT2D eigenvalue weighted by Crippen LogP contribution is 2.21. The van der Waals surface area contributed by atoms with Crippen molar-refractivity contribution in [3.63, 3.8) is 0 Å². The second kappa shape index (κ2) is 7.29. The monoisotopic (exact) mass is 347 g/mol. The second-order valence-electron chi connectivity index (χ2n) is 5.73. The number of nitrogens with one attached hydrogen (secondary N) is 2. The number of benzene rings is 1. The summed E-state index contributed by atoms with van der Waals surface area (Å²) >= 11 is 0. The Kier molecular flexibility index (Phi) is 4.92. The summed E-state index contributed by atoms with van der Waals surface area (Å²) in [7, 11) is 0. The van der Waals surface area contributed by atoms with Crippen molar-refractivity contribution in [2.45, 2.75) is 32.4 Å². The number of urea groups is 1. The van der Waals surface area contributed by atoms with Crippen LogP contribution in [0.5, 0.6) is 0 Å². The third-order valence-electron chi connectivity index (χ3n) is 3.83. The van der Waals surface area contributed by atoms with Crippen LogP contribution in [0.25, 0.3) is 0 Å². The molecule has 0 spiro atoms. The maximum atomic E-state index is 13.4. The summed E-state index contributed by atoms with van der Waals surface area (Å²) in [5.74, 6) is 0.0861. The normalized spacial score (nSPS) is 17.4. The van der Waals surface area contributed by atoms with Crippen molar-refractivity contribution in [3.8, 4) is 0 Å². The molecule has 0 radical (unpaired) electrons. The molecule has 3 rings (SSSR count). The predicted octanol–water partition coefficient (Wildman–Crippen LogP) is 1.51. The molecular weight excluding hydrogens is 329 g/mol. The molecule has 1 aromatic carbocycles. The number of nitrogens with zero attached hydrogens (tertiary/aromatic N) is 3. The molecule has 1 saturated heterocycles. The van der Waals surface area contributed by atoms with Crippen LogP contribution in [0.4, 0.5) is 14.9 Å². The number of amides is 3. The second-order valence-corrected chi connectivity index (χ2v) is 5.73. The number of anilines is 1. The minimum Gasteiger partial charge on any atom is -0.337 e. The Balaban J connectivity index is 1.58.